The average molecular weight is 288 g/mol. The molecule has 0 saturated heterocycles. The molecule has 0 fully saturated rings. The fraction of sp³-hybridized carbons (Fsp3) is 0.312. The maximum Gasteiger partial charge on any atom is 0.319 e. The molecule has 1 aromatic heterocycles. The summed E-state index contributed by atoms with van der Waals surface area (Å²) in [7, 11) is 1.62. The lowest BCUT2D eigenvalue weighted by molar-refractivity contribution is 0.185. The number of amides is 2. The smallest absolute Gasteiger partial charge is 0.319 e. The summed E-state index contributed by atoms with van der Waals surface area (Å²) in [6, 6.07) is 10.8. The predicted molar refractivity (Wildman–Crippen MR) is 81.2 cm³/mol. The molecule has 21 heavy (non-hydrogen) atoms. The van der Waals surface area contributed by atoms with Gasteiger partial charge in [0.05, 0.1) is 12.6 Å². The Labute approximate surface area is 124 Å². The molecule has 0 saturated carbocycles. The maximum absolute atomic E-state index is 12.1. The zero-order chi connectivity index (χ0) is 15.2. The SMILES string of the molecule is COCc1ccccc1NC(=O)N[C@@H](C)c1ccc(C)o1. The molecule has 0 bridgehead atoms. The fourth-order valence-corrected chi connectivity index (χ4v) is 2.04. The van der Waals surface area contributed by atoms with Crippen molar-refractivity contribution in [2.24, 2.45) is 0 Å². The van der Waals surface area contributed by atoms with Crippen LogP contribution in [0, 0.1) is 6.92 Å². The first kappa shape index (κ1) is 15.1. The number of carbonyl (C=O) groups excluding carboxylic acids is 1. The normalized spacial score (nSPS) is 12.0. The van der Waals surface area contributed by atoms with Gasteiger partial charge in [0.15, 0.2) is 0 Å². The van der Waals surface area contributed by atoms with Crippen molar-refractivity contribution in [2.75, 3.05) is 12.4 Å². The highest BCUT2D eigenvalue weighted by atomic mass is 16.5. The lowest BCUT2D eigenvalue weighted by atomic mass is 10.2. The molecule has 0 aliphatic rings. The Kier molecular flexibility index (Phi) is 5.00. The van der Waals surface area contributed by atoms with Gasteiger partial charge < -0.3 is 19.8 Å². The van der Waals surface area contributed by atoms with E-state index in [-0.39, 0.29) is 12.1 Å². The lowest BCUT2D eigenvalue weighted by Gasteiger charge is -2.14. The van der Waals surface area contributed by atoms with Gasteiger partial charge in [0.25, 0.3) is 0 Å². The Morgan fingerprint density at radius 2 is 2.05 bits per heavy atom. The minimum atomic E-state index is -0.278. The molecule has 0 unspecified atom stereocenters. The third-order valence-corrected chi connectivity index (χ3v) is 3.10. The van der Waals surface area contributed by atoms with Gasteiger partial charge in [0.2, 0.25) is 0 Å². The van der Waals surface area contributed by atoms with Crippen molar-refractivity contribution >= 4 is 11.7 Å². The molecular formula is C16H20N2O3. The van der Waals surface area contributed by atoms with Gasteiger partial charge in [-0.3, -0.25) is 0 Å². The summed E-state index contributed by atoms with van der Waals surface area (Å²) < 4.78 is 10.6. The summed E-state index contributed by atoms with van der Waals surface area (Å²) in [6.45, 7) is 4.19. The van der Waals surface area contributed by atoms with E-state index in [1.54, 1.807) is 7.11 Å². The number of hydrogen-bond donors (Lipinski definition) is 2. The topological polar surface area (TPSA) is 63.5 Å². The summed E-state index contributed by atoms with van der Waals surface area (Å²) in [4.78, 5) is 12.1. The van der Waals surface area contributed by atoms with Crippen LogP contribution in [0.3, 0.4) is 0 Å². The predicted octanol–water partition coefficient (Wildman–Crippen LogP) is 3.62. The fourth-order valence-electron chi connectivity index (χ4n) is 2.04. The van der Waals surface area contributed by atoms with Crippen LogP contribution < -0.4 is 10.6 Å². The second-order valence-corrected chi connectivity index (χ2v) is 4.86. The standard InChI is InChI=1S/C16H20N2O3/c1-11-8-9-15(21-11)12(2)17-16(19)18-14-7-5-4-6-13(14)10-20-3/h4-9,12H,10H2,1-3H3,(H2,17,18,19)/t12-/m0/s1. The van der Waals surface area contributed by atoms with E-state index in [2.05, 4.69) is 10.6 Å². The van der Waals surface area contributed by atoms with E-state index in [0.29, 0.717) is 6.61 Å². The molecule has 5 heteroatoms. The number of furan rings is 1. The van der Waals surface area contributed by atoms with E-state index in [9.17, 15) is 4.79 Å². The summed E-state index contributed by atoms with van der Waals surface area (Å²) in [5.74, 6) is 1.55. The number of para-hydroxylation sites is 1. The molecule has 112 valence electrons. The number of aryl methyl sites for hydroxylation is 1. The highest BCUT2D eigenvalue weighted by molar-refractivity contribution is 5.90. The van der Waals surface area contributed by atoms with E-state index in [1.165, 1.54) is 0 Å². The van der Waals surface area contributed by atoms with Crippen LogP contribution in [0.15, 0.2) is 40.8 Å². The second kappa shape index (κ2) is 6.95. The molecule has 2 rings (SSSR count). The van der Waals surface area contributed by atoms with Gasteiger partial charge in [-0.1, -0.05) is 18.2 Å². The molecule has 5 nitrogen and oxygen atoms in total. The molecule has 1 heterocycles. The Balaban J connectivity index is 1.98. The van der Waals surface area contributed by atoms with Crippen LogP contribution in [-0.2, 0) is 11.3 Å². The van der Waals surface area contributed by atoms with Gasteiger partial charge in [-0.05, 0) is 32.0 Å². The van der Waals surface area contributed by atoms with Crippen molar-refractivity contribution in [3.05, 3.63) is 53.5 Å². The Bertz CT molecular complexity index is 607. The van der Waals surface area contributed by atoms with Crippen molar-refractivity contribution in [1.29, 1.82) is 0 Å². The van der Waals surface area contributed by atoms with Crippen molar-refractivity contribution in [3.8, 4) is 0 Å². The van der Waals surface area contributed by atoms with Gasteiger partial charge in [0.1, 0.15) is 11.5 Å². The first-order valence-electron chi connectivity index (χ1n) is 6.81. The van der Waals surface area contributed by atoms with Crippen LogP contribution in [0.2, 0.25) is 0 Å². The van der Waals surface area contributed by atoms with Crippen LogP contribution >= 0.6 is 0 Å². The Morgan fingerprint density at radius 3 is 2.71 bits per heavy atom. The summed E-state index contributed by atoms with van der Waals surface area (Å²) in [6.07, 6.45) is 0. The number of anilines is 1. The van der Waals surface area contributed by atoms with E-state index >= 15 is 0 Å². The molecule has 1 aromatic carbocycles. The summed E-state index contributed by atoms with van der Waals surface area (Å²) in [5, 5.41) is 5.67. The average Bonchev–Trinajstić information content (AvgIpc) is 2.88. The maximum atomic E-state index is 12.1. The molecule has 0 aliphatic heterocycles. The number of hydrogen-bond acceptors (Lipinski definition) is 3. The molecular weight excluding hydrogens is 268 g/mol. The third kappa shape index (κ3) is 4.10. The summed E-state index contributed by atoms with van der Waals surface area (Å²) in [5.41, 5.74) is 1.66. The number of benzene rings is 1. The Morgan fingerprint density at radius 1 is 1.29 bits per heavy atom. The number of ether oxygens (including phenoxy) is 1. The molecule has 2 amide bonds. The molecule has 2 N–H and O–H groups in total. The zero-order valence-electron chi connectivity index (χ0n) is 12.5. The van der Waals surface area contributed by atoms with Crippen molar-refractivity contribution in [3.63, 3.8) is 0 Å². The van der Waals surface area contributed by atoms with Gasteiger partial charge in [0, 0.05) is 18.4 Å². The zero-order valence-corrected chi connectivity index (χ0v) is 12.5. The molecule has 0 radical (unpaired) electrons. The molecule has 0 aliphatic carbocycles. The number of rotatable bonds is 5. The van der Waals surface area contributed by atoms with Crippen molar-refractivity contribution in [1.82, 2.24) is 5.32 Å². The number of urea groups is 1. The quantitative estimate of drug-likeness (QED) is 0.883. The Hall–Kier alpha value is -2.27. The van der Waals surface area contributed by atoms with Crippen LogP contribution in [-0.4, -0.2) is 13.1 Å². The van der Waals surface area contributed by atoms with Crippen LogP contribution in [0.1, 0.15) is 30.0 Å². The van der Waals surface area contributed by atoms with Gasteiger partial charge in [-0.2, -0.15) is 0 Å². The second-order valence-electron chi connectivity index (χ2n) is 4.86. The minimum Gasteiger partial charge on any atom is -0.464 e. The highest BCUT2D eigenvalue weighted by Gasteiger charge is 2.13. The summed E-state index contributed by atoms with van der Waals surface area (Å²) >= 11 is 0. The van der Waals surface area contributed by atoms with Crippen LogP contribution in [0.4, 0.5) is 10.5 Å². The van der Waals surface area contributed by atoms with E-state index in [4.69, 9.17) is 9.15 Å². The highest BCUT2D eigenvalue weighted by Crippen LogP contribution is 2.18. The van der Waals surface area contributed by atoms with Gasteiger partial charge in [-0.25, -0.2) is 4.79 Å². The number of methoxy groups -OCH3 is 1. The van der Waals surface area contributed by atoms with Gasteiger partial charge in [-0.15, -0.1) is 0 Å². The monoisotopic (exact) mass is 288 g/mol. The number of carbonyl (C=O) groups is 1. The number of nitrogens with one attached hydrogen (secondary N) is 2. The molecule has 2 aromatic rings. The molecule has 0 spiro atoms. The van der Waals surface area contributed by atoms with E-state index in [1.807, 2.05) is 50.2 Å². The largest absolute Gasteiger partial charge is 0.464 e. The van der Waals surface area contributed by atoms with Crippen LogP contribution in [0.25, 0.3) is 0 Å². The van der Waals surface area contributed by atoms with Crippen LogP contribution in [0.5, 0.6) is 0 Å². The van der Waals surface area contributed by atoms with E-state index in [0.717, 1.165) is 22.8 Å². The minimum absolute atomic E-state index is 0.201. The van der Waals surface area contributed by atoms with Crippen molar-refractivity contribution < 1.29 is 13.9 Å². The first-order valence-corrected chi connectivity index (χ1v) is 6.81. The first-order chi connectivity index (χ1) is 10.1. The van der Waals surface area contributed by atoms with E-state index < -0.39 is 0 Å². The van der Waals surface area contributed by atoms with Gasteiger partial charge >= 0.3 is 6.03 Å². The third-order valence-electron chi connectivity index (χ3n) is 3.10. The molecule has 1 atom stereocenters. The lowest BCUT2D eigenvalue weighted by Crippen LogP contribution is -2.31. The van der Waals surface area contributed by atoms with Crippen molar-refractivity contribution in [2.45, 2.75) is 26.5 Å².